The number of halogens is 1. The molecule has 0 saturated carbocycles. The van der Waals surface area contributed by atoms with Gasteiger partial charge >= 0.3 is 0 Å². The van der Waals surface area contributed by atoms with Gasteiger partial charge in [0.25, 0.3) is 0 Å². The second-order valence-electron chi connectivity index (χ2n) is 5.63. The van der Waals surface area contributed by atoms with Crippen molar-refractivity contribution in [2.45, 2.75) is 45.1 Å². The van der Waals surface area contributed by atoms with Crippen LogP contribution in [0.1, 0.15) is 38.7 Å². The summed E-state index contributed by atoms with van der Waals surface area (Å²) in [6.45, 7) is 6.31. The molecule has 1 aromatic rings. The van der Waals surface area contributed by atoms with Gasteiger partial charge in [0.15, 0.2) is 0 Å². The molecule has 1 atom stereocenters. The van der Waals surface area contributed by atoms with Crippen molar-refractivity contribution >= 4 is 15.9 Å². The molecule has 1 rings (SSSR count). The number of nitrogens with zero attached hydrogens (tertiary/aromatic N) is 1. The molecule has 0 aliphatic rings. The fourth-order valence-electron chi connectivity index (χ4n) is 2.27. The molecule has 0 aliphatic carbocycles. The van der Waals surface area contributed by atoms with Crippen molar-refractivity contribution in [1.82, 2.24) is 4.90 Å². The maximum atomic E-state index is 6.04. The Morgan fingerprint density at radius 3 is 2.37 bits per heavy atom. The van der Waals surface area contributed by atoms with Crippen LogP contribution < -0.4 is 5.73 Å². The summed E-state index contributed by atoms with van der Waals surface area (Å²) < 4.78 is 1.13. The first kappa shape index (κ1) is 16.7. The van der Waals surface area contributed by atoms with E-state index in [1.54, 1.807) is 0 Å². The van der Waals surface area contributed by atoms with Crippen LogP contribution in [0.3, 0.4) is 0 Å². The summed E-state index contributed by atoms with van der Waals surface area (Å²) in [7, 11) is 2.20. The smallest absolute Gasteiger partial charge is 0.0340 e. The van der Waals surface area contributed by atoms with Crippen molar-refractivity contribution in [3.8, 4) is 0 Å². The molecule has 0 amide bonds. The van der Waals surface area contributed by atoms with E-state index in [0.717, 1.165) is 17.4 Å². The Balaban J connectivity index is 2.65. The fourth-order valence-corrected chi connectivity index (χ4v) is 2.54. The molecule has 2 N–H and O–H groups in total. The standard InChI is InChI=1S/C16H27BrN2/c1-4-5-6-11-19(3)16(2,13-18)12-14-7-9-15(17)10-8-14/h7-10H,4-6,11-13,18H2,1-3H3. The van der Waals surface area contributed by atoms with Gasteiger partial charge in [-0.25, -0.2) is 0 Å². The Morgan fingerprint density at radius 1 is 1.21 bits per heavy atom. The minimum absolute atomic E-state index is 0.0432. The molecule has 0 heterocycles. The SMILES string of the molecule is CCCCCN(C)C(C)(CN)Cc1ccc(Br)cc1. The highest BCUT2D eigenvalue weighted by Crippen LogP contribution is 2.21. The van der Waals surface area contributed by atoms with E-state index in [2.05, 4.69) is 66.0 Å². The molecule has 3 heteroatoms. The van der Waals surface area contributed by atoms with Crippen LogP contribution in [0.25, 0.3) is 0 Å². The Morgan fingerprint density at radius 2 is 1.84 bits per heavy atom. The monoisotopic (exact) mass is 326 g/mol. The predicted octanol–water partition coefficient (Wildman–Crippen LogP) is 3.83. The second kappa shape index (κ2) is 8.03. The molecule has 0 fully saturated rings. The van der Waals surface area contributed by atoms with Gasteiger partial charge in [0.2, 0.25) is 0 Å². The third kappa shape index (κ3) is 5.25. The number of benzene rings is 1. The van der Waals surface area contributed by atoms with Crippen molar-refractivity contribution in [2.24, 2.45) is 5.73 Å². The van der Waals surface area contributed by atoms with E-state index < -0.39 is 0 Å². The van der Waals surface area contributed by atoms with Crippen molar-refractivity contribution < 1.29 is 0 Å². The van der Waals surface area contributed by atoms with Crippen LogP contribution in [-0.4, -0.2) is 30.6 Å². The van der Waals surface area contributed by atoms with E-state index in [1.807, 2.05) is 0 Å². The van der Waals surface area contributed by atoms with Gasteiger partial charge in [0.1, 0.15) is 0 Å². The van der Waals surface area contributed by atoms with Crippen LogP contribution in [0.15, 0.2) is 28.7 Å². The number of hydrogen-bond donors (Lipinski definition) is 1. The summed E-state index contributed by atoms with van der Waals surface area (Å²) in [5.74, 6) is 0. The number of hydrogen-bond acceptors (Lipinski definition) is 2. The van der Waals surface area contributed by atoms with Crippen LogP contribution in [-0.2, 0) is 6.42 Å². The van der Waals surface area contributed by atoms with Crippen LogP contribution >= 0.6 is 15.9 Å². The van der Waals surface area contributed by atoms with Crippen molar-refractivity contribution in [3.05, 3.63) is 34.3 Å². The van der Waals surface area contributed by atoms with Gasteiger partial charge in [0, 0.05) is 16.6 Å². The minimum atomic E-state index is 0.0432. The Hall–Kier alpha value is -0.380. The maximum absolute atomic E-state index is 6.04. The zero-order chi connectivity index (χ0) is 14.3. The van der Waals surface area contributed by atoms with E-state index in [4.69, 9.17) is 5.73 Å². The summed E-state index contributed by atoms with van der Waals surface area (Å²) in [6, 6.07) is 8.56. The quantitative estimate of drug-likeness (QED) is 0.735. The highest BCUT2D eigenvalue weighted by molar-refractivity contribution is 9.10. The van der Waals surface area contributed by atoms with E-state index in [9.17, 15) is 0 Å². The zero-order valence-corrected chi connectivity index (χ0v) is 14.0. The molecule has 0 bridgehead atoms. The van der Waals surface area contributed by atoms with Crippen LogP contribution in [0, 0.1) is 0 Å². The van der Waals surface area contributed by atoms with Crippen LogP contribution in [0.5, 0.6) is 0 Å². The van der Waals surface area contributed by atoms with Gasteiger partial charge in [-0.1, -0.05) is 47.8 Å². The Kier molecular flexibility index (Phi) is 7.05. The van der Waals surface area contributed by atoms with Crippen LogP contribution in [0.2, 0.25) is 0 Å². The molecule has 2 nitrogen and oxygen atoms in total. The number of rotatable bonds is 8. The van der Waals surface area contributed by atoms with E-state index in [1.165, 1.54) is 24.8 Å². The molecular formula is C16H27BrN2. The van der Waals surface area contributed by atoms with E-state index >= 15 is 0 Å². The molecule has 1 unspecified atom stereocenters. The highest BCUT2D eigenvalue weighted by Gasteiger charge is 2.27. The minimum Gasteiger partial charge on any atom is -0.329 e. The third-order valence-corrected chi connectivity index (χ3v) is 4.49. The molecule has 0 radical (unpaired) electrons. The lowest BCUT2D eigenvalue weighted by Gasteiger charge is -2.38. The van der Waals surface area contributed by atoms with Gasteiger partial charge in [-0.2, -0.15) is 0 Å². The lowest BCUT2D eigenvalue weighted by molar-refractivity contribution is 0.141. The Labute approximate surface area is 126 Å². The van der Waals surface area contributed by atoms with Crippen LogP contribution in [0.4, 0.5) is 0 Å². The summed E-state index contributed by atoms with van der Waals surface area (Å²) in [5.41, 5.74) is 7.43. The molecular weight excluding hydrogens is 300 g/mol. The lowest BCUT2D eigenvalue weighted by Crippen LogP contribution is -2.51. The van der Waals surface area contributed by atoms with Gasteiger partial charge in [0.05, 0.1) is 0 Å². The maximum Gasteiger partial charge on any atom is 0.0340 e. The van der Waals surface area contributed by atoms with Crippen molar-refractivity contribution in [1.29, 1.82) is 0 Å². The fraction of sp³-hybridized carbons (Fsp3) is 0.625. The number of nitrogens with two attached hydrogens (primary N) is 1. The summed E-state index contributed by atoms with van der Waals surface area (Å²) >= 11 is 3.48. The van der Waals surface area contributed by atoms with E-state index in [0.29, 0.717) is 6.54 Å². The summed E-state index contributed by atoms with van der Waals surface area (Å²) in [4.78, 5) is 2.42. The van der Waals surface area contributed by atoms with Gasteiger partial charge < -0.3 is 5.73 Å². The van der Waals surface area contributed by atoms with Gasteiger partial charge in [-0.15, -0.1) is 0 Å². The Bertz CT molecular complexity index is 364. The summed E-state index contributed by atoms with van der Waals surface area (Å²) in [6.07, 6.45) is 4.81. The topological polar surface area (TPSA) is 29.3 Å². The molecule has 0 aromatic heterocycles. The molecule has 108 valence electrons. The second-order valence-corrected chi connectivity index (χ2v) is 6.55. The largest absolute Gasteiger partial charge is 0.329 e. The molecule has 0 saturated heterocycles. The first-order chi connectivity index (χ1) is 9.01. The zero-order valence-electron chi connectivity index (χ0n) is 12.5. The molecule has 19 heavy (non-hydrogen) atoms. The van der Waals surface area contributed by atoms with Gasteiger partial charge in [-0.3, -0.25) is 4.90 Å². The highest BCUT2D eigenvalue weighted by atomic mass is 79.9. The average molecular weight is 327 g/mol. The van der Waals surface area contributed by atoms with E-state index in [-0.39, 0.29) is 5.54 Å². The first-order valence-electron chi connectivity index (χ1n) is 7.17. The normalized spacial score (nSPS) is 14.6. The molecule has 0 aliphatic heterocycles. The third-order valence-electron chi connectivity index (χ3n) is 3.96. The van der Waals surface area contributed by atoms with Gasteiger partial charge in [-0.05, 0) is 51.1 Å². The van der Waals surface area contributed by atoms with Crippen molar-refractivity contribution in [2.75, 3.05) is 20.1 Å². The molecule has 1 aromatic carbocycles. The average Bonchev–Trinajstić information content (AvgIpc) is 2.41. The summed E-state index contributed by atoms with van der Waals surface area (Å²) in [5, 5.41) is 0. The number of unbranched alkanes of at least 4 members (excludes halogenated alkanes) is 2. The first-order valence-corrected chi connectivity index (χ1v) is 7.97. The molecule has 0 spiro atoms. The lowest BCUT2D eigenvalue weighted by atomic mass is 9.91. The predicted molar refractivity (Wildman–Crippen MR) is 87.5 cm³/mol. The van der Waals surface area contributed by atoms with Crippen molar-refractivity contribution in [3.63, 3.8) is 0 Å². The number of likely N-dealkylation sites (N-methyl/N-ethyl adjacent to an activating group) is 1.